The predicted octanol–water partition coefficient (Wildman–Crippen LogP) is 3.81. The summed E-state index contributed by atoms with van der Waals surface area (Å²) in [7, 11) is 0. The summed E-state index contributed by atoms with van der Waals surface area (Å²) in [4.78, 5) is 11.4. The quantitative estimate of drug-likeness (QED) is 0.471. The molecular weight excluding hydrogens is 405 g/mol. The molecule has 0 bridgehead atoms. The van der Waals surface area contributed by atoms with Crippen LogP contribution < -0.4 is 11.1 Å². The Labute approximate surface area is 184 Å². The van der Waals surface area contributed by atoms with Crippen LogP contribution in [-0.2, 0) is 11.3 Å². The first-order valence-electron chi connectivity index (χ1n) is 9.98. The number of nitrogens with one attached hydrogen (secondary N) is 1. The smallest absolute Gasteiger partial charge is 0.249 e. The molecule has 0 spiro atoms. The highest BCUT2D eigenvalue weighted by Gasteiger charge is 2.20. The van der Waals surface area contributed by atoms with Crippen LogP contribution in [0.2, 0.25) is 0 Å². The number of nitrogens with two attached hydrogens (primary N) is 1. The number of primary amides is 1. The topological polar surface area (TPSA) is 96.7 Å². The maximum Gasteiger partial charge on any atom is 0.249 e. The molecule has 0 saturated heterocycles. The van der Waals surface area contributed by atoms with E-state index in [9.17, 15) is 9.18 Å². The summed E-state index contributed by atoms with van der Waals surface area (Å²) in [6.45, 7) is 0.118. The first kappa shape index (κ1) is 21.0. The van der Waals surface area contributed by atoms with Crippen LogP contribution in [0.1, 0.15) is 5.56 Å². The highest BCUT2D eigenvalue weighted by molar-refractivity contribution is 5.82. The van der Waals surface area contributed by atoms with Gasteiger partial charge >= 0.3 is 0 Å². The lowest BCUT2D eigenvalue weighted by Crippen LogP contribution is -2.39. The number of carbonyl (C=O) groups is 1. The van der Waals surface area contributed by atoms with E-state index in [-0.39, 0.29) is 6.54 Å². The van der Waals surface area contributed by atoms with E-state index in [1.807, 2.05) is 60.7 Å². The van der Waals surface area contributed by atoms with Gasteiger partial charge in [0.25, 0.3) is 0 Å². The Hall–Kier alpha value is -4.28. The normalized spacial score (nSPS) is 11.6. The van der Waals surface area contributed by atoms with Crippen LogP contribution in [0.4, 0.5) is 4.39 Å². The van der Waals surface area contributed by atoms with Gasteiger partial charge in [-0.05, 0) is 35.4 Å². The molecule has 0 aliphatic carbocycles. The van der Waals surface area contributed by atoms with Crippen molar-refractivity contribution in [2.45, 2.75) is 12.6 Å². The fraction of sp³-hybridized carbons (Fsp3) is 0.0800. The van der Waals surface area contributed by atoms with Gasteiger partial charge in [0, 0.05) is 17.7 Å². The molecule has 158 valence electrons. The molecule has 6 nitrogen and oxygen atoms in total. The standard InChI is InChI=1S/C25H20FN5O/c26-22-9-5-4-8-21(22)24-19(15-29-23(14-27)25(28)32)16-30-31(24)20-12-10-18(11-13-20)17-6-2-1-3-7-17/h1-13,16,23,29H,15H2,(H2,28,32). The van der Waals surface area contributed by atoms with Crippen LogP contribution in [0.5, 0.6) is 0 Å². The van der Waals surface area contributed by atoms with Crippen LogP contribution in [0.15, 0.2) is 85.1 Å². The predicted molar refractivity (Wildman–Crippen MR) is 120 cm³/mol. The van der Waals surface area contributed by atoms with Crippen LogP contribution in [-0.4, -0.2) is 21.7 Å². The minimum Gasteiger partial charge on any atom is -0.367 e. The molecule has 1 aromatic heterocycles. The average Bonchev–Trinajstić information content (AvgIpc) is 3.24. The van der Waals surface area contributed by atoms with Crippen molar-refractivity contribution >= 4 is 5.91 Å². The molecule has 32 heavy (non-hydrogen) atoms. The van der Waals surface area contributed by atoms with E-state index in [1.165, 1.54) is 6.07 Å². The Morgan fingerprint density at radius 2 is 1.69 bits per heavy atom. The zero-order chi connectivity index (χ0) is 22.5. The van der Waals surface area contributed by atoms with Gasteiger partial charge in [0.1, 0.15) is 5.82 Å². The molecular formula is C25H20FN5O. The van der Waals surface area contributed by atoms with Gasteiger partial charge in [-0.2, -0.15) is 10.4 Å². The van der Waals surface area contributed by atoms with Crippen molar-refractivity contribution in [1.82, 2.24) is 15.1 Å². The lowest BCUT2D eigenvalue weighted by molar-refractivity contribution is -0.118. The minimum atomic E-state index is -1.16. The number of rotatable bonds is 7. The number of carbonyl (C=O) groups excluding carboxylic acids is 1. The SMILES string of the molecule is N#CC(NCc1cnn(-c2ccc(-c3ccccc3)cc2)c1-c1ccccc1F)C(N)=O. The van der Waals surface area contributed by atoms with E-state index in [1.54, 1.807) is 29.1 Å². The molecule has 1 unspecified atom stereocenters. The zero-order valence-corrected chi connectivity index (χ0v) is 17.1. The number of benzene rings is 3. The van der Waals surface area contributed by atoms with Gasteiger partial charge in [-0.15, -0.1) is 0 Å². The molecule has 1 amide bonds. The van der Waals surface area contributed by atoms with E-state index in [0.717, 1.165) is 16.8 Å². The molecule has 0 radical (unpaired) electrons. The summed E-state index contributed by atoms with van der Waals surface area (Å²) in [6.07, 6.45) is 1.59. The summed E-state index contributed by atoms with van der Waals surface area (Å²) < 4.78 is 16.4. The van der Waals surface area contributed by atoms with Crippen molar-refractivity contribution in [2.24, 2.45) is 5.73 Å². The Balaban J connectivity index is 1.74. The lowest BCUT2D eigenvalue weighted by atomic mass is 10.0. The molecule has 0 aliphatic heterocycles. The van der Waals surface area contributed by atoms with Gasteiger partial charge in [0.15, 0.2) is 6.04 Å². The third-order valence-corrected chi connectivity index (χ3v) is 5.10. The van der Waals surface area contributed by atoms with E-state index in [4.69, 9.17) is 11.0 Å². The largest absolute Gasteiger partial charge is 0.367 e. The Bertz CT molecular complexity index is 1280. The Kier molecular flexibility index (Phi) is 6.06. The molecule has 4 rings (SSSR count). The minimum absolute atomic E-state index is 0.118. The van der Waals surface area contributed by atoms with Crippen LogP contribution in [0, 0.1) is 17.1 Å². The summed E-state index contributed by atoms with van der Waals surface area (Å²) in [5.41, 5.74) is 9.65. The molecule has 3 N–H and O–H groups in total. The average molecular weight is 425 g/mol. The molecule has 0 fully saturated rings. The first-order valence-corrected chi connectivity index (χ1v) is 9.98. The Morgan fingerprint density at radius 3 is 2.34 bits per heavy atom. The van der Waals surface area contributed by atoms with Gasteiger partial charge < -0.3 is 5.73 Å². The highest BCUT2D eigenvalue weighted by Crippen LogP contribution is 2.30. The molecule has 4 aromatic rings. The number of hydrogen-bond acceptors (Lipinski definition) is 4. The van der Waals surface area contributed by atoms with Gasteiger partial charge in [0.05, 0.1) is 23.6 Å². The van der Waals surface area contributed by atoms with Crippen molar-refractivity contribution in [2.75, 3.05) is 0 Å². The lowest BCUT2D eigenvalue weighted by Gasteiger charge is -2.13. The third-order valence-electron chi connectivity index (χ3n) is 5.10. The summed E-state index contributed by atoms with van der Waals surface area (Å²) in [5.74, 6) is -1.17. The third kappa shape index (κ3) is 4.26. The van der Waals surface area contributed by atoms with E-state index < -0.39 is 17.8 Å². The number of hydrogen-bond donors (Lipinski definition) is 2. The van der Waals surface area contributed by atoms with Crippen molar-refractivity contribution in [1.29, 1.82) is 5.26 Å². The molecule has 7 heteroatoms. The number of nitrogens with zero attached hydrogens (tertiary/aromatic N) is 3. The monoisotopic (exact) mass is 425 g/mol. The van der Waals surface area contributed by atoms with Gasteiger partial charge in [-0.25, -0.2) is 9.07 Å². The van der Waals surface area contributed by atoms with Gasteiger partial charge in [-0.1, -0.05) is 54.6 Å². The van der Waals surface area contributed by atoms with E-state index >= 15 is 0 Å². The first-order chi connectivity index (χ1) is 15.6. The molecule has 1 atom stereocenters. The maximum atomic E-state index is 14.7. The highest BCUT2D eigenvalue weighted by atomic mass is 19.1. The van der Waals surface area contributed by atoms with Crippen molar-refractivity contribution < 1.29 is 9.18 Å². The second kappa shape index (κ2) is 9.25. The molecule has 0 aliphatic rings. The maximum absolute atomic E-state index is 14.7. The number of aromatic nitrogens is 2. The molecule has 0 saturated carbocycles. The van der Waals surface area contributed by atoms with Crippen LogP contribution >= 0.6 is 0 Å². The van der Waals surface area contributed by atoms with Crippen molar-refractivity contribution in [3.8, 4) is 34.1 Å². The molecule has 3 aromatic carbocycles. The fourth-order valence-electron chi connectivity index (χ4n) is 3.50. The number of amides is 1. The van der Waals surface area contributed by atoms with Gasteiger partial charge in [-0.3, -0.25) is 10.1 Å². The van der Waals surface area contributed by atoms with Crippen molar-refractivity contribution in [3.05, 3.63) is 96.4 Å². The molecule has 1 heterocycles. The second-order valence-electron chi connectivity index (χ2n) is 7.17. The van der Waals surface area contributed by atoms with Crippen LogP contribution in [0.3, 0.4) is 0 Å². The Morgan fingerprint density at radius 1 is 1.03 bits per heavy atom. The summed E-state index contributed by atoms with van der Waals surface area (Å²) in [6, 6.07) is 24.8. The number of halogens is 1. The number of nitriles is 1. The summed E-state index contributed by atoms with van der Waals surface area (Å²) >= 11 is 0. The second-order valence-corrected chi connectivity index (χ2v) is 7.17. The van der Waals surface area contributed by atoms with Crippen molar-refractivity contribution in [3.63, 3.8) is 0 Å². The zero-order valence-electron chi connectivity index (χ0n) is 17.1. The fourth-order valence-corrected chi connectivity index (χ4v) is 3.50. The van der Waals surface area contributed by atoms with E-state index in [0.29, 0.717) is 16.8 Å². The van der Waals surface area contributed by atoms with Crippen LogP contribution in [0.25, 0.3) is 28.1 Å². The van der Waals surface area contributed by atoms with Gasteiger partial charge in [0.2, 0.25) is 5.91 Å². The summed E-state index contributed by atoms with van der Waals surface area (Å²) in [5, 5.41) is 16.4. The van der Waals surface area contributed by atoms with E-state index in [2.05, 4.69) is 10.4 Å².